The first-order valence-corrected chi connectivity index (χ1v) is 8.94. The van der Waals surface area contributed by atoms with E-state index in [1.807, 2.05) is 71.0 Å². The molecule has 0 bridgehead atoms. The number of aromatic nitrogens is 2. The molecule has 1 aliphatic heterocycles. The maximum absolute atomic E-state index is 9.36. The van der Waals surface area contributed by atoms with Gasteiger partial charge >= 0.3 is 0 Å². The first-order chi connectivity index (χ1) is 13.3. The van der Waals surface area contributed by atoms with Gasteiger partial charge in [0.1, 0.15) is 5.71 Å². The molecule has 1 N–H and O–H groups in total. The first-order valence-electron chi connectivity index (χ1n) is 8.94. The van der Waals surface area contributed by atoms with Crippen LogP contribution in [0.25, 0.3) is 0 Å². The largest absolute Gasteiger partial charge is 0.394 e. The van der Waals surface area contributed by atoms with Gasteiger partial charge in [0.05, 0.1) is 31.1 Å². The molecule has 0 amide bonds. The molecule has 4 rings (SSSR count). The van der Waals surface area contributed by atoms with Crippen molar-refractivity contribution >= 4 is 17.1 Å². The Kier molecular flexibility index (Phi) is 4.80. The molecular weight excluding hydrogens is 338 g/mol. The lowest BCUT2D eigenvalue weighted by Gasteiger charge is -2.11. The summed E-state index contributed by atoms with van der Waals surface area (Å²) in [5, 5.41) is 18.4. The maximum Gasteiger partial charge on any atom is 0.171 e. The van der Waals surface area contributed by atoms with E-state index in [2.05, 4.69) is 27.3 Å². The number of nitrogens with zero attached hydrogens (tertiary/aromatic N) is 5. The number of benzene rings is 2. The number of fused-ring (bicyclic) bond motifs is 1. The monoisotopic (exact) mass is 359 g/mol. The van der Waals surface area contributed by atoms with E-state index in [1.165, 1.54) is 0 Å². The summed E-state index contributed by atoms with van der Waals surface area (Å²) >= 11 is 0. The summed E-state index contributed by atoms with van der Waals surface area (Å²) in [5.41, 5.74) is 5.49. The van der Waals surface area contributed by atoms with Crippen molar-refractivity contribution in [2.45, 2.75) is 20.0 Å². The third kappa shape index (κ3) is 3.52. The van der Waals surface area contributed by atoms with E-state index in [-0.39, 0.29) is 6.61 Å². The van der Waals surface area contributed by atoms with Crippen molar-refractivity contribution in [3.63, 3.8) is 0 Å². The van der Waals surface area contributed by atoms with E-state index in [0.29, 0.717) is 13.1 Å². The minimum Gasteiger partial charge on any atom is -0.394 e. The van der Waals surface area contributed by atoms with Crippen LogP contribution in [0.3, 0.4) is 0 Å². The normalized spacial score (nSPS) is 15.3. The fraction of sp³-hybridized carbons (Fsp3) is 0.190. The van der Waals surface area contributed by atoms with E-state index >= 15 is 0 Å². The Morgan fingerprint density at radius 3 is 2.56 bits per heavy atom. The molecule has 1 aliphatic rings. The van der Waals surface area contributed by atoms with E-state index in [1.54, 1.807) is 0 Å². The smallest absolute Gasteiger partial charge is 0.171 e. The van der Waals surface area contributed by atoms with Crippen LogP contribution in [0.2, 0.25) is 0 Å². The van der Waals surface area contributed by atoms with Crippen molar-refractivity contribution in [1.82, 2.24) is 9.36 Å². The Balaban J connectivity index is 1.75. The van der Waals surface area contributed by atoms with E-state index < -0.39 is 0 Å². The highest BCUT2D eigenvalue weighted by atomic mass is 16.3. The second kappa shape index (κ2) is 7.55. The van der Waals surface area contributed by atoms with Crippen molar-refractivity contribution in [2.24, 2.45) is 15.2 Å². The molecule has 2 heterocycles. The van der Waals surface area contributed by atoms with Crippen molar-refractivity contribution < 1.29 is 5.11 Å². The Bertz CT molecular complexity index is 1070. The molecule has 0 spiro atoms. The topological polar surface area (TPSA) is 67.2 Å². The lowest BCUT2D eigenvalue weighted by Crippen LogP contribution is -2.25. The summed E-state index contributed by atoms with van der Waals surface area (Å²) in [6.07, 6.45) is 1.92. The predicted molar refractivity (Wildman–Crippen MR) is 106 cm³/mol. The fourth-order valence-electron chi connectivity index (χ4n) is 3.19. The van der Waals surface area contributed by atoms with Gasteiger partial charge in [0.25, 0.3) is 0 Å². The van der Waals surface area contributed by atoms with Crippen molar-refractivity contribution in [2.75, 3.05) is 6.61 Å². The number of hydrogen-bond donors (Lipinski definition) is 1. The van der Waals surface area contributed by atoms with Crippen LogP contribution < -0.4 is 5.49 Å². The van der Waals surface area contributed by atoms with Crippen molar-refractivity contribution in [3.05, 3.63) is 83.5 Å². The van der Waals surface area contributed by atoms with Crippen LogP contribution in [0, 0.1) is 0 Å². The highest BCUT2D eigenvalue weighted by Crippen LogP contribution is 2.26. The van der Waals surface area contributed by atoms with Crippen molar-refractivity contribution in [1.29, 1.82) is 0 Å². The molecule has 0 radical (unpaired) electrons. The molecule has 136 valence electrons. The SMILES string of the molecule is CC1=Nc2ccccc2C1=NN=c1ccn(CCO)n1Cc1ccccc1. The van der Waals surface area contributed by atoms with Crippen LogP contribution in [0.15, 0.2) is 82.1 Å². The van der Waals surface area contributed by atoms with Gasteiger partial charge in [0, 0.05) is 17.8 Å². The standard InChI is InChI=1S/C21H21N5O/c1-16-21(18-9-5-6-10-19(18)22-16)24-23-20-11-12-25(13-14-27)26(20)15-17-7-3-2-4-8-17/h2-12,27H,13-15H2,1H3. The molecule has 3 aromatic rings. The van der Waals surface area contributed by atoms with Gasteiger partial charge in [-0.15, -0.1) is 10.2 Å². The van der Waals surface area contributed by atoms with Gasteiger partial charge in [-0.05, 0) is 18.6 Å². The minimum atomic E-state index is 0.0660. The molecule has 27 heavy (non-hydrogen) atoms. The number of aliphatic hydroxyl groups is 1. The third-order valence-electron chi connectivity index (χ3n) is 4.52. The molecule has 1 aromatic heterocycles. The summed E-state index contributed by atoms with van der Waals surface area (Å²) in [7, 11) is 0. The van der Waals surface area contributed by atoms with Gasteiger partial charge in [-0.1, -0.05) is 48.5 Å². The third-order valence-corrected chi connectivity index (χ3v) is 4.52. The summed E-state index contributed by atoms with van der Waals surface area (Å²) in [5.74, 6) is 0. The van der Waals surface area contributed by atoms with Crippen LogP contribution in [-0.4, -0.2) is 32.5 Å². The number of rotatable bonds is 5. The molecule has 0 unspecified atom stereocenters. The molecule has 6 nitrogen and oxygen atoms in total. The summed E-state index contributed by atoms with van der Waals surface area (Å²) in [4.78, 5) is 4.55. The lowest BCUT2D eigenvalue weighted by molar-refractivity contribution is 0.257. The molecule has 6 heteroatoms. The number of hydrogen-bond acceptors (Lipinski definition) is 4. The Morgan fingerprint density at radius 1 is 0.963 bits per heavy atom. The van der Waals surface area contributed by atoms with Gasteiger partial charge in [-0.25, -0.2) is 0 Å². The Labute approximate surface area is 157 Å². The number of aliphatic imine (C=N–C) groups is 1. The Morgan fingerprint density at radius 2 is 1.74 bits per heavy atom. The average molecular weight is 359 g/mol. The molecule has 0 atom stereocenters. The summed E-state index contributed by atoms with van der Waals surface area (Å²) in [6, 6.07) is 20.0. The van der Waals surface area contributed by atoms with Crippen LogP contribution in [-0.2, 0) is 13.1 Å². The minimum absolute atomic E-state index is 0.0660. The van der Waals surface area contributed by atoms with Gasteiger partial charge in [-0.3, -0.25) is 14.4 Å². The van der Waals surface area contributed by atoms with Gasteiger partial charge in [0.2, 0.25) is 0 Å². The summed E-state index contributed by atoms with van der Waals surface area (Å²) in [6.45, 7) is 3.17. The quantitative estimate of drug-likeness (QED) is 0.700. The molecule has 0 aliphatic carbocycles. The van der Waals surface area contributed by atoms with Crippen LogP contribution in [0.1, 0.15) is 18.1 Å². The predicted octanol–water partition coefficient (Wildman–Crippen LogP) is 2.74. The van der Waals surface area contributed by atoms with E-state index in [4.69, 9.17) is 0 Å². The molecule has 0 saturated carbocycles. The highest BCUT2D eigenvalue weighted by Gasteiger charge is 2.18. The maximum atomic E-state index is 9.36. The van der Waals surface area contributed by atoms with Gasteiger partial charge < -0.3 is 5.11 Å². The lowest BCUT2D eigenvalue weighted by atomic mass is 10.1. The van der Waals surface area contributed by atoms with E-state index in [0.717, 1.165) is 33.7 Å². The second-order valence-corrected chi connectivity index (χ2v) is 6.37. The average Bonchev–Trinajstić information content (AvgIpc) is 3.21. The molecule has 2 aromatic carbocycles. The highest BCUT2D eigenvalue weighted by molar-refractivity contribution is 6.51. The molecule has 0 saturated heterocycles. The van der Waals surface area contributed by atoms with Gasteiger partial charge in [-0.2, -0.15) is 0 Å². The van der Waals surface area contributed by atoms with Gasteiger partial charge in [0.15, 0.2) is 5.49 Å². The zero-order chi connectivity index (χ0) is 18.6. The fourth-order valence-corrected chi connectivity index (χ4v) is 3.19. The number of para-hydroxylation sites is 1. The van der Waals surface area contributed by atoms with Crippen molar-refractivity contribution in [3.8, 4) is 0 Å². The molecule has 0 fully saturated rings. The van der Waals surface area contributed by atoms with E-state index in [9.17, 15) is 5.11 Å². The van der Waals surface area contributed by atoms with Crippen LogP contribution >= 0.6 is 0 Å². The first kappa shape index (κ1) is 17.2. The Hall–Kier alpha value is -3.25. The number of aliphatic hydroxyl groups excluding tert-OH is 1. The van der Waals surface area contributed by atoms with Crippen LogP contribution in [0.4, 0.5) is 5.69 Å². The zero-order valence-electron chi connectivity index (χ0n) is 15.2. The summed E-state index contributed by atoms with van der Waals surface area (Å²) < 4.78 is 3.97. The molecular formula is C21H21N5O. The zero-order valence-corrected chi connectivity index (χ0v) is 15.2. The van der Waals surface area contributed by atoms with Crippen LogP contribution in [0.5, 0.6) is 0 Å². The second-order valence-electron chi connectivity index (χ2n) is 6.37.